The van der Waals surface area contributed by atoms with Crippen molar-refractivity contribution in [1.29, 1.82) is 0 Å². The van der Waals surface area contributed by atoms with E-state index in [-0.39, 0.29) is 23.4 Å². The first-order valence-corrected chi connectivity index (χ1v) is 7.12. The first-order chi connectivity index (χ1) is 8.80. The highest BCUT2D eigenvalue weighted by Crippen LogP contribution is 2.23. The summed E-state index contributed by atoms with van der Waals surface area (Å²) in [5.41, 5.74) is 0.0698. The Morgan fingerprint density at radius 2 is 2.16 bits per heavy atom. The van der Waals surface area contributed by atoms with Crippen molar-refractivity contribution in [3.8, 4) is 0 Å². The van der Waals surface area contributed by atoms with Gasteiger partial charge in [0.05, 0.1) is 0 Å². The number of amides is 3. The highest BCUT2D eigenvalue weighted by Gasteiger charge is 2.25. The third-order valence-electron chi connectivity index (χ3n) is 3.28. The van der Waals surface area contributed by atoms with Gasteiger partial charge < -0.3 is 16.0 Å². The molecule has 0 aliphatic carbocycles. The van der Waals surface area contributed by atoms with Crippen LogP contribution in [0.2, 0.25) is 0 Å². The van der Waals surface area contributed by atoms with E-state index >= 15 is 0 Å². The third-order valence-corrected chi connectivity index (χ3v) is 3.28. The molecule has 19 heavy (non-hydrogen) atoms. The normalized spacial score (nSPS) is 20.1. The predicted octanol–water partition coefficient (Wildman–Crippen LogP) is 1.64. The number of hydrogen-bond donors (Lipinski definition) is 3. The van der Waals surface area contributed by atoms with Crippen LogP contribution in [0.25, 0.3) is 0 Å². The number of piperidine rings is 1. The molecule has 0 aromatic heterocycles. The molecule has 1 rings (SSSR count). The van der Waals surface area contributed by atoms with Gasteiger partial charge in [-0.25, -0.2) is 4.79 Å². The summed E-state index contributed by atoms with van der Waals surface area (Å²) in [6.07, 6.45) is 2.68. The van der Waals surface area contributed by atoms with Gasteiger partial charge in [0.25, 0.3) is 0 Å². The molecule has 0 radical (unpaired) electrons. The molecule has 5 nitrogen and oxygen atoms in total. The zero-order valence-electron chi connectivity index (χ0n) is 12.5. The van der Waals surface area contributed by atoms with Gasteiger partial charge in [0.2, 0.25) is 5.91 Å². The van der Waals surface area contributed by atoms with Crippen LogP contribution in [0.4, 0.5) is 4.79 Å². The second kappa shape index (κ2) is 6.78. The zero-order chi connectivity index (χ0) is 14.5. The molecule has 5 heteroatoms. The molecule has 0 aromatic rings. The lowest BCUT2D eigenvalue weighted by molar-refractivity contribution is -0.124. The smallest absolute Gasteiger partial charge is 0.315 e. The number of carbonyl (C=O) groups is 2. The molecule has 3 N–H and O–H groups in total. The quantitative estimate of drug-likeness (QED) is 0.710. The standard InChI is InChI=1S/C14H27N3O2/c1-10(2)8-14(3,4)9-16-13(19)17-11-6-5-7-15-12(11)18/h10-11H,5-9H2,1-4H3,(H,15,18)(H2,16,17,19)/t11-/m0/s1. The Labute approximate surface area is 115 Å². The van der Waals surface area contributed by atoms with Crippen molar-refractivity contribution in [1.82, 2.24) is 16.0 Å². The average Bonchev–Trinajstić information content (AvgIpc) is 2.28. The lowest BCUT2D eigenvalue weighted by Gasteiger charge is -2.28. The maximum absolute atomic E-state index is 11.8. The van der Waals surface area contributed by atoms with Crippen LogP contribution in [0.15, 0.2) is 0 Å². The van der Waals surface area contributed by atoms with Crippen LogP contribution >= 0.6 is 0 Å². The molecular formula is C14H27N3O2. The third kappa shape index (κ3) is 5.94. The van der Waals surface area contributed by atoms with E-state index in [1.807, 2.05) is 0 Å². The molecule has 110 valence electrons. The largest absolute Gasteiger partial charge is 0.354 e. The van der Waals surface area contributed by atoms with Gasteiger partial charge in [-0.2, -0.15) is 0 Å². The first-order valence-electron chi connectivity index (χ1n) is 7.12. The molecule has 0 unspecified atom stereocenters. The second-order valence-corrected chi connectivity index (χ2v) is 6.58. The van der Waals surface area contributed by atoms with Crippen LogP contribution in [-0.4, -0.2) is 31.1 Å². The molecule has 0 spiro atoms. The minimum absolute atomic E-state index is 0.0698. The second-order valence-electron chi connectivity index (χ2n) is 6.58. The van der Waals surface area contributed by atoms with Crippen LogP contribution in [0.3, 0.4) is 0 Å². The molecule has 0 bridgehead atoms. The summed E-state index contributed by atoms with van der Waals surface area (Å²) in [4.78, 5) is 23.3. The maximum atomic E-state index is 11.8. The van der Waals surface area contributed by atoms with Gasteiger partial charge in [-0.05, 0) is 30.6 Å². The molecule has 1 atom stereocenters. The van der Waals surface area contributed by atoms with E-state index in [1.165, 1.54) is 0 Å². The molecule has 1 aliphatic rings. The Kier molecular flexibility index (Phi) is 5.63. The van der Waals surface area contributed by atoms with E-state index in [9.17, 15) is 9.59 Å². The summed E-state index contributed by atoms with van der Waals surface area (Å²) in [5, 5.41) is 8.35. The fourth-order valence-electron chi connectivity index (χ4n) is 2.62. The van der Waals surface area contributed by atoms with Crippen molar-refractivity contribution in [2.45, 2.75) is 53.0 Å². The van der Waals surface area contributed by atoms with E-state index < -0.39 is 0 Å². The molecule has 1 fully saturated rings. The summed E-state index contributed by atoms with van der Waals surface area (Å²) in [6.45, 7) is 9.95. The first kappa shape index (κ1) is 15.8. The van der Waals surface area contributed by atoms with E-state index in [2.05, 4.69) is 43.6 Å². The van der Waals surface area contributed by atoms with Crippen LogP contribution in [0, 0.1) is 11.3 Å². The van der Waals surface area contributed by atoms with Crippen molar-refractivity contribution in [3.63, 3.8) is 0 Å². The van der Waals surface area contributed by atoms with E-state index in [4.69, 9.17) is 0 Å². The highest BCUT2D eigenvalue weighted by molar-refractivity contribution is 5.87. The summed E-state index contributed by atoms with van der Waals surface area (Å²) >= 11 is 0. The van der Waals surface area contributed by atoms with E-state index in [0.29, 0.717) is 25.4 Å². The Morgan fingerprint density at radius 1 is 1.47 bits per heavy atom. The topological polar surface area (TPSA) is 70.2 Å². The van der Waals surface area contributed by atoms with Gasteiger partial charge in [-0.15, -0.1) is 0 Å². The van der Waals surface area contributed by atoms with Crippen LogP contribution in [0.1, 0.15) is 47.0 Å². The lowest BCUT2D eigenvalue weighted by Crippen LogP contribution is -2.53. The number of nitrogens with one attached hydrogen (secondary N) is 3. The Balaban J connectivity index is 2.33. The zero-order valence-corrected chi connectivity index (χ0v) is 12.5. The van der Waals surface area contributed by atoms with Gasteiger partial charge in [0.1, 0.15) is 6.04 Å². The Morgan fingerprint density at radius 3 is 2.74 bits per heavy atom. The van der Waals surface area contributed by atoms with Crippen LogP contribution in [-0.2, 0) is 4.79 Å². The van der Waals surface area contributed by atoms with Crippen molar-refractivity contribution >= 4 is 11.9 Å². The SMILES string of the molecule is CC(C)CC(C)(C)CNC(=O)N[C@H]1CCCNC1=O. The molecular weight excluding hydrogens is 242 g/mol. The minimum atomic E-state index is -0.387. The molecule has 1 saturated heterocycles. The van der Waals surface area contributed by atoms with Crippen molar-refractivity contribution in [2.24, 2.45) is 11.3 Å². The van der Waals surface area contributed by atoms with E-state index in [0.717, 1.165) is 12.8 Å². The average molecular weight is 269 g/mol. The summed E-state index contributed by atoms with van der Waals surface area (Å²) in [7, 11) is 0. The fourth-order valence-corrected chi connectivity index (χ4v) is 2.62. The molecule has 1 heterocycles. The Hall–Kier alpha value is -1.26. The van der Waals surface area contributed by atoms with Crippen LogP contribution < -0.4 is 16.0 Å². The fraction of sp³-hybridized carbons (Fsp3) is 0.857. The van der Waals surface area contributed by atoms with Crippen molar-refractivity contribution in [2.75, 3.05) is 13.1 Å². The lowest BCUT2D eigenvalue weighted by atomic mass is 9.84. The van der Waals surface area contributed by atoms with Gasteiger partial charge in [0.15, 0.2) is 0 Å². The van der Waals surface area contributed by atoms with E-state index in [1.54, 1.807) is 0 Å². The number of carbonyl (C=O) groups excluding carboxylic acids is 2. The van der Waals surface area contributed by atoms with Gasteiger partial charge in [0, 0.05) is 13.1 Å². The van der Waals surface area contributed by atoms with Crippen molar-refractivity contribution < 1.29 is 9.59 Å². The predicted molar refractivity (Wildman–Crippen MR) is 75.8 cm³/mol. The number of rotatable bonds is 5. The number of urea groups is 1. The maximum Gasteiger partial charge on any atom is 0.315 e. The molecule has 0 aromatic carbocycles. The minimum Gasteiger partial charge on any atom is -0.354 e. The summed E-state index contributed by atoms with van der Waals surface area (Å²) in [6, 6.07) is -0.638. The van der Waals surface area contributed by atoms with Gasteiger partial charge >= 0.3 is 6.03 Å². The Bertz CT molecular complexity index is 327. The molecule has 1 aliphatic heterocycles. The highest BCUT2D eigenvalue weighted by atomic mass is 16.2. The molecule has 3 amide bonds. The van der Waals surface area contributed by atoms with Crippen molar-refractivity contribution in [3.05, 3.63) is 0 Å². The number of hydrogen-bond acceptors (Lipinski definition) is 2. The van der Waals surface area contributed by atoms with Gasteiger partial charge in [-0.1, -0.05) is 27.7 Å². The molecule has 0 saturated carbocycles. The summed E-state index contributed by atoms with van der Waals surface area (Å²) < 4.78 is 0. The van der Waals surface area contributed by atoms with Crippen LogP contribution in [0.5, 0.6) is 0 Å². The monoisotopic (exact) mass is 269 g/mol. The summed E-state index contributed by atoms with van der Waals surface area (Å²) in [5.74, 6) is 0.520. The van der Waals surface area contributed by atoms with Gasteiger partial charge in [-0.3, -0.25) is 4.79 Å².